The molecule has 2 fully saturated rings. The van der Waals surface area contributed by atoms with Gasteiger partial charge in [-0.1, -0.05) is 42.0 Å². The van der Waals surface area contributed by atoms with E-state index in [0.717, 1.165) is 46.4 Å². The second kappa shape index (κ2) is 9.39. The molecule has 0 aromatic heterocycles. The zero-order valence-corrected chi connectivity index (χ0v) is 18.2. The number of hydrogen-bond donors (Lipinski definition) is 0. The predicted molar refractivity (Wildman–Crippen MR) is 120 cm³/mol. The third-order valence-corrected chi connectivity index (χ3v) is 6.20. The van der Waals surface area contributed by atoms with Gasteiger partial charge in [0.15, 0.2) is 0 Å². The number of benzene rings is 2. The summed E-state index contributed by atoms with van der Waals surface area (Å²) in [6, 6.07) is 15.5. The molecule has 2 aromatic carbocycles. The number of likely N-dealkylation sites (tertiary alicyclic amines) is 1. The van der Waals surface area contributed by atoms with Crippen molar-refractivity contribution in [3.8, 4) is 5.75 Å². The number of imide groups is 1. The molecule has 0 bridgehead atoms. The van der Waals surface area contributed by atoms with E-state index >= 15 is 0 Å². The van der Waals surface area contributed by atoms with E-state index in [1.54, 1.807) is 11.0 Å². The molecule has 2 aromatic rings. The summed E-state index contributed by atoms with van der Waals surface area (Å²) >= 11 is 0.871. The molecule has 2 saturated heterocycles. The molecule has 4 rings (SSSR count). The minimum atomic E-state index is -0.415. The molecule has 160 valence electrons. The first-order chi connectivity index (χ1) is 15.0. The molecule has 2 aliphatic heterocycles. The molecular weight excluding hydrogens is 412 g/mol. The minimum Gasteiger partial charge on any atom is -0.489 e. The second-order valence-electron chi connectivity index (χ2n) is 7.70. The lowest BCUT2D eigenvalue weighted by molar-refractivity contribution is -0.135. The highest BCUT2D eigenvalue weighted by molar-refractivity contribution is 8.18. The van der Waals surface area contributed by atoms with Crippen molar-refractivity contribution in [2.45, 2.75) is 26.4 Å². The van der Waals surface area contributed by atoms with Gasteiger partial charge in [0, 0.05) is 13.1 Å². The Morgan fingerprint density at radius 1 is 1.10 bits per heavy atom. The summed E-state index contributed by atoms with van der Waals surface area (Å²) in [5.74, 6) is 0.140. The third kappa shape index (κ3) is 5.17. The van der Waals surface area contributed by atoms with Gasteiger partial charge in [-0.2, -0.15) is 0 Å². The summed E-state index contributed by atoms with van der Waals surface area (Å²) in [4.78, 5) is 40.3. The standard InChI is InChI=1S/C24H24N2O4S/c1-17-5-4-6-19(13-17)16-30-20-9-7-18(8-10-20)14-21-23(28)26(24(29)31-21)15-22(27)25-11-2-3-12-25/h4-10,13-14H,2-3,11-12,15-16H2,1H3/b21-14-. The van der Waals surface area contributed by atoms with E-state index in [1.807, 2.05) is 49.4 Å². The number of thioether (sulfide) groups is 1. The van der Waals surface area contributed by atoms with Crippen LogP contribution < -0.4 is 4.74 Å². The van der Waals surface area contributed by atoms with E-state index in [4.69, 9.17) is 4.74 Å². The molecule has 7 heteroatoms. The Labute approximate surface area is 185 Å². The quantitative estimate of drug-likeness (QED) is 0.634. The molecule has 0 aliphatic carbocycles. The first-order valence-corrected chi connectivity index (χ1v) is 11.1. The monoisotopic (exact) mass is 436 g/mol. The number of amides is 3. The number of carbonyl (C=O) groups excluding carboxylic acids is 3. The van der Waals surface area contributed by atoms with E-state index in [9.17, 15) is 14.4 Å². The lowest BCUT2D eigenvalue weighted by atomic mass is 10.1. The van der Waals surface area contributed by atoms with Gasteiger partial charge < -0.3 is 9.64 Å². The summed E-state index contributed by atoms with van der Waals surface area (Å²) in [5, 5.41) is -0.401. The van der Waals surface area contributed by atoms with Crippen LogP contribution in [-0.4, -0.2) is 46.5 Å². The van der Waals surface area contributed by atoms with Crippen LogP contribution in [0.25, 0.3) is 6.08 Å². The summed E-state index contributed by atoms with van der Waals surface area (Å²) in [6.45, 7) is 3.73. The van der Waals surface area contributed by atoms with Crippen molar-refractivity contribution in [3.63, 3.8) is 0 Å². The Morgan fingerprint density at radius 3 is 2.55 bits per heavy atom. The van der Waals surface area contributed by atoms with E-state index in [0.29, 0.717) is 24.6 Å². The van der Waals surface area contributed by atoms with Crippen molar-refractivity contribution < 1.29 is 19.1 Å². The van der Waals surface area contributed by atoms with E-state index in [-0.39, 0.29) is 12.5 Å². The van der Waals surface area contributed by atoms with Crippen molar-refractivity contribution >= 4 is 34.9 Å². The predicted octanol–water partition coefficient (Wildman–Crippen LogP) is 4.23. The van der Waals surface area contributed by atoms with E-state index in [1.165, 1.54) is 5.56 Å². The van der Waals surface area contributed by atoms with Crippen molar-refractivity contribution in [1.82, 2.24) is 9.80 Å². The van der Waals surface area contributed by atoms with E-state index in [2.05, 4.69) is 6.07 Å². The minimum absolute atomic E-state index is 0.170. The Kier molecular flexibility index (Phi) is 6.42. The van der Waals surface area contributed by atoms with Gasteiger partial charge in [0.05, 0.1) is 4.91 Å². The fourth-order valence-corrected chi connectivity index (χ4v) is 4.46. The fourth-order valence-electron chi connectivity index (χ4n) is 3.62. The molecule has 0 radical (unpaired) electrons. The Morgan fingerprint density at radius 2 is 1.84 bits per heavy atom. The van der Waals surface area contributed by atoms with Crippen molar-refractivity contribution in [2.75, 3.05) is 19.6 Å². The summed E-state index contributed by atoms with van der Waals surface area (Å²) in [5.41, 5.74) is 3.08. The lowest BCUT2D eigenvalue weighted by Crippen LogP contribution is -2.40. The maximum Gasteiger partial charge on any atom is 0.294 e. The van der Waals surface area contributed by atoms with Gasteiger partial charge >= 0.3 is 0 Å². The second-order valence-corrected chi connectivity index (χ2v) is 8.70. The lowest BCUT2D eigenvalue weighted by Gasteiger charge is -2.18. The van der Waals surface area contributed by atoms with Crippen LogP contribution in [0.4, 0.5) is 4.79 Å². The number of nitrogens with zero attached hydrogens (tertiary/aromatic N) is 2. The SMILES string of the molecule is Cc1cccc(COc2ccc(/C=C3\SC(=O)N(CC(=O)N4CCCC4)C3=O)cc2)c1. The van der Waals surface area contributed by atoms with Gasteiger partial charge in [-0.15, -0.1) is 0 Å². The first-order valence-electron chi connectivity index (χ1n) is 10.3. The largest absolute Gasteiger partial charge is 0.489 e. The van der Waals surface area contributed by atoms with Crippen LogP contribution in [0.5, 0.6) is 5.75 Å². The normalized spacial score (nSPS) is 17.6. The maximum atomic E-state index is 12.6. The van der Waals surface area contributed by atoms with Crippen molar-refractivity contribution in [1.29, 1.82) is 0 Å². The first kappa shape index (κ1) is 21.2. The molecule has 0 atom stereocenters. The maximum absolute atomic E-state index is 12.6. The summed E-state index contributed by atoms with van der Waals surface area (Å²) in [7, 11) is 0. The molecule has 0 spiro atoms. The molecule has 0 N–H and O–H groups in total. The zero-order chi connectivity index (χ0) is 21.8. The number of hydrogen-bond acceptors (Lipinski definition) is 5. The molecular formula is C24H24N2O4S. The van der Waals surface area contributed by atoms with Gasteiger partial charge in [0.1, 0.15) is 18.9 Å². The van der Waals surface area contributed by atoms with Crippen LogP contribution in [0.15, 0.2) is 53.4 Å². The molecule has 2 heterocycles. The van der Waals surface area contributed by atoms with Gasteiger partial charge in [-0.25, -0.2) is 0 Å². The smallest absolute Gasteiger partial charge is 0.294 e. The highest BCUT2D eigenvalue weighted by Crippen LogP contribution is 2.32. The molecule has 31 heavy (non-hydrogen) atoms. The molecule has 0 unspecified atom stereocenters. The van der Waals surface area contributed by atoms with Crippen LogP contribution in [0.1, 0.15) is 29.5 Å². The van der Waals surface area contributed by atoms with E-state index < -0.39 is 11.1 Å². The van der Waals surface area contributed by atoms with Gasteiger partial charge in [-0.3, -0.25) is 19.3 Å². The molecule has 3 amide bonds. The van der Waals surface area contributed by atoms with Gasteiger partial charge in [0.25, 0.3) is 11.1 Å². The van der Waals surface area contributed by atoms with Crippen LogP contribution in [0.2, 0.25) is 0 Å². The third-order valence-electron chi connectivity index (χ3n) is 5.29. The van der Waals surface area contributed by atoms with Gasteiger partial charge in [-0.05, 0) is 60.9 Å². The van der Waals surface area contributed by atoms with Crippen LogP contribution in [0.3, 0.4) is 0 Å². The number of rotatable bonds is 6. The molecule has 2 aliphatic rings. The number of carbonyl (C=O) groups is 3. The van der Waals surface area contributed by atoms with Crippen LogP contribution in [0, 0.1) is 6.92 Å². The van der Waals surface area contributed by atoms with Gasteiger partial charge in [0.2, 0.25) is 5.91 Å². The Bertz CT molecular complexity index is 1030. The molecule has 0 saturated carbocycles. The number of aryl methyl sites for hydroxylation is 1. The fraction of sp³-hybridized carbons (Fsp3) is 0.292. The Balaban J connectivity index is 1.37. The highest BCUT2D eigenvalue weighted by Gasteiger charge is 2.37. The summed E-state index contributed by atoms with van der Waals surface area (Å²) in [6.07, 6.45) is 3.62. The highest BCUT2D eigenvalue weighted by atomic mass is 32.2. The summed E-state index contributed by atoms with van der Waals surface area (Å²) < 4.78 is 5.82. The van der Waals surface area contributed by atoms with Crippen molar-refractivity contribution in [2.24, 2.45) is 0 Å². The van der Waals surface area contributed by atoms with Crippen LogP contribution in [-0.2, 0) is 16.2 Å². The topological polar surface area (TPSA) is 66.9 Å². The van der Waals surface area contributed by atoms with Crippen LogP contribution >= 0.6 is 11.8 Å². The average Bonchev–Trinajstić information content (AvgIpc) is 3.38. The van der Waals surface area contributed by atoms with Crippen molar-refractivity contribution in [3.05, 3.63) is 70.1 Å². The Hall–Kier alpha value is -3.06. The molecule has 6 nitrogen and oxygen atoms in total. The number of ether oxygens (including phenoxy) is 1. The zero-order valence-electron chi connectivity index (χ0n) is 17.4. The average molecular weight is 437 g/mol.